The van der Waals surface area contributed by atoms with E-state index in [9.17, 15) is 17.4 Å². The van der Waals surface area contributed by atoms with Crippen LogP contribution in [0, 0.1) is 5.82 Å². The predicted molar refractivity (Wildman–Crippen MR) is 143 cm³/mol. The zero-order chi connectivity index (χ0) is 27.0. The second-order valence-electron chi connectivity index (χ2n) is 8.55. The summed E-state index contributed by atoms with van der Waals surface area (Å²) in [5.74, 6) is -0.586. The summed E-state index contributed by atoms with van der Waals surface area (Å²) in [5.41, 5.74) is 14.8. The standard InChI is InChI=1S/C24H23FN6O5S2/c1-13(36-22-16(25)9-10-17-21(22)23(26)29-37(32)28-17)11-14-5-2-3-6-15(14)12-35-19-8-4-7-18-20(19)24(27)31-38(33,34)30-18/h2-10,13,28,30H,11-12H2,1H3,(H2,26,29)(H2,27,31). The Kier molecular flexibility index (Phi) is 6.77. The van der Waals surface area contributed by atoms with Crippen LogP contribution < -0.4 is 30.4 Å². The first kappa shape index (κ1) is 25.6. The SMILES string of the molecule is CC(Cc1ccccc1COc1cccc2c1C(N)=NS(=O)(=O)N2)Oc1c(F)ccc2c1C(N)=N[S+]([O-])N2. The normalized spacial score (nSPS) is 18.0. The van der Waals surface area contributed by atoms with Crippen molar-refractivity contribution in [2.24, 2.45) is 20.3 Å². The average Bonchev–Trinajstić information content (AvgIpc) is 2.84. The second kappa shape index (κ2) is 10.0. The van der Waals surface area contributed by atoms with E-state index in [2.05, 4.69) is 18.2 Å². The van der Waals surface area contributed by atoms with Gasteiger partial charge < -0.3 is 25.5 Å². The number of benzene rings is 3. The number of nitrogens with zero attached hydrogens (tertiary/aromatic N) is 2. The lowest BCUT2D eigenvalue weighted by Gasteiger charge is -2.23. The van der Waals surface area contributed by atoms with Crippen LogP contribution in [0.3, 0.4) is 0 Å². The van der Waals surface area contributed by atoms with Crippen molar-refractivity contribution in [1.29, 1.82) is 0 Å². The van der Waals surface area contributed by atoms with E-state index >= 15 is 0 Å². The monoisotopic (exact) mass is 558 g/mol. The van der Waals surface area contributed by atoms with Crippen LogP contribution in [0.2, 0.25) is 0 Å². The maximum absolute atomic E-state index is 14.7. The van der Waals surface area contributed by atoms with E-state index in [1.807, 2.05) is 24.3 Å². The number of halogens is 1. The summed E-state index contributed by atoms with van der Waals surface area (Å²) in [5, 5.41) is 0. The summed E-state index contributed by atoms with van der Waals surface area (Å²) < 4.78 is 74.4. The summed E-state index contributed by atoms with van der Waals surface area (Å²) in [4.78, 5) is 0. The van der Waals surface area contributed by atoms with Gasteiger partial charge in [0, 0.05) is 6.42 Å². The molecule has 14 heteroatoms. The van der Waals surface area contributed by atoms with Crippen LogP contribution in [-0.4, -0.2) is 30.7 Å². The number of hydrogen-bond donors (Lipinski definition) is 4. The molecule has 0 aromatic heterocycles. The molecule has 5 rings (SSSR count). The molecule has 2 atom stereocenters. The highest BCUT2D eigenvalue weighted by Crippen LogP contribution is 2.34. The van der Waals surface area contributed by atoms with Crippen molar-refractivity contribution in [2.45, 2.75) is 26.1 Å². The molecule has 0 aliphatic carbocycles. The maximum Gasteiger partial charge on any atom is 0.344 e. The van der Waals surface area contributed by atoms with Crippen LogP contribution in [0.25, 0.3) is 0 Å². The fourth-order valence-corrected chi connectivity index (χ4v) is 5.72. The van der Waals surface area contributed by atoms with Crippen LogP contribution in [0.1, 0.15) is 29.2 Å². The Bertz CT molecular complexity index is 1580. The van der Waals surface area contributed by atoms with Gasteiger partial charge in [0.25, 0.3) is 0 Å². The van der Waals surface area contributed by atoms with E-state index in [4.69, 9.17) is 20.9 Å². The fourth-order valence-electron chi connectivity index (χ4n) is 4.21. The number of nitrogens with one attached hydrogen (secondary N) is 2. The molecule has 2 heterocycles. The molecule has 0 saturated carbocycles. The lowest BCUT2D eigenvalue weighted by Crippen LogP contribution is -2.28. The molecule has 198 valence electrons. The minimum absolute atomic E-state index is 0.0797. The summed E-state index contributed by atoms with van der Waals surface area (Å²) in [6.45, 7) is 1.93. The fraction of sp³-hybridized carbons (Fsp3) is 0.167. The molecule has 11 nitrogen and oxygen atoms in total. The van der Waals surface area contributed by atoms with Gasteiger partial charge in [-0.25, -0.2) is 4.39 Å². The molecule has 38 heavy (non-hydrogen) atoms. The zero-order valence-electron chi connectivity index (χ0n) is 20.0. The number of fused-ring (bicyclic) bond motifs is 2. The lowest BCUT2D eigenvalue weighted by atomic mass is 10.0. The molecule has 3 aromatic rings. The molecule has 0 saturated heterocycles. The number of anilines is 2. The summed E-state index contributed by atoms with van der Waals surface area (Å²) in [6.07, 6.45) is -0.0888. The Morgan fingerprint density at radius 1 is 1.03 bits per heavy atom. The van der Waals surface area contributed by atoms with Crippen LogP contribution in [0.5, 0.6) is 11.5 Å². The van der Waals surface area contributed by atoms with Gasteiger partial charge in [0.05, 0.1) is 22.5 Å². The third-order valence-corrected chi connectivity index (χ3v) is 7.48. The molecule has 0 bridgehead atoms. The minimum atomic E-state index is -3.91. The van der Waals surface area contributed by atoms with Crippen LogP contribution in [0.4, 0.5) is 15.8 Å². The van der Waals surface area contributed by atoms with Gasteiger partial charge in [-0.15, -0.1) is 4.40 Å². The number of nitrogens with two attached hydrogens (primary N) is 2. The molecule has 0 fully saturated rings. The van der Waals surface area contributed by atoms with Gasteiger partial charge in [0.1, 0.15) is 18.5 Å². The van der Waals surface area contributed by atoms with Crippen LogP contribution in [0.15, 0.2) is 63.4 Å². The molecule has 0 amide bonds. The van der Waals surface area contributed by atoms with Gasteiger partial charge in [0.15, 0.2) is 23.2 Å². The van der Waals surface area contributed by atoms with E-state index in [0.717, 1.165) is 11.1 Å². The maximum atomic E-state index is 14.7. The topological polar surface area (TPSA) is 176 Å². The number of hydrogen-bond acceptors (Lipinski definition) is 9. The summed E-state index contributed by atoms with van der Waals surface area (Å²) in [6, 6.07) is 15.0. The Labute approximate surface area is 221 Å². The average molecular weight is 559 g/mol. The van der Waals surface area contributed by atoms with Gasteiger partial charge in [0.2, 0.25) is 11.5 Å². The third kappa shape index (κ3) is 5.18. The van der Waals surface area contributed by atoms with Crippen molar-refractivity contribution in [3.8, 4) is 11.5 Å². The van der Waals surface area contributed by atoms with Crippen LogP contribution >= 0.6 is 0 Å². The van der Waals surface area contributed by atoms with E-state index in [1.54, 1.807) is 25.1 Å². The van der Waals surface area contributed by atoms with Gasteiger partial charge in [-0.1, -0.05) is 30.3 Å². The van der Waals surface area contributed by atoms with Crippen molar-refractivity contribution in [1.82, 2.24) is 0 Å². The van der Waals surface area contributed by atoms with Crippen molar-refractivity contribution in [3.05, 3.63) is 82.7 Å². The molecular formula is C24H23FN6O5S2. The summed E-state index contributed by atoms with van der Waals surface area (Å²) in [7, 11) is -3.91. The molecule has 0 spiro atoms. The second-order valence-corrected chi connectivity index (χ2v) is 10.8. The quantitative estimate of drug-likeness (QED) is 0.320. The highest BCUT2D eigenvalue weighted by atomic mass is 32.2. The number of ether oxygens (including phenoxy) is 2. The lowest BCUT2D eigenvalue weighted by molar-refractivity contribution is 0.210. The number of rotatable bonds is 7. The molecule has 0 radical (unpaired) electrons. The van der Waals surface area contributed by atoms with Crippen molar-refractivity contribution >= 4 is 44.8 Å². The van der Waals surface area contributed by atoms with E-state index in [1.165, 1.54) is 12.1 Å². The van der Waals surface area contributed by atoms with E-state index in [-0.39, 0.29) is 35.3 Å². The molecule has 2 aliphatic rings. The van der Waals surface area contributed by atoms with Gasteiger partial charge in [-0.3, -0.25) is 4.72 Å². The molecular weight excluding hydrogens is 535 g/mol. The zero-order valence-corrected chi connectivity index (χ0v) is 21.6. The van der Waals surface area contributed by atoms with Gasteiger partial charge >= 0.3 is 10.2 Å². The predicted octanol–water partition coefficient (Wildman–Crippen LogP) is 2.50. The van der Waals surface area contributed by atoms with Crippen molar-refractivity contribution in [3.63, 3.8) is 0 Å². The van der Waals surface area contributed by atoms with Gasteiger partial charge in [-0.05, 0) is 46.7 Å². The number of amidine groups is 2. The van der Waals surface area contributed by atoms with Crippen LogP contribution in [-0.2, 0) is 34.8 Å². The first-order chi connectivity index (χ1) is 18.1. The Balaban J connectivity index is 1.34. The highest BCUT2D eigenvalue weighted by molar-refractivity contribution is 7.92. The molecule has 3 aromatic carbocycles. The summed E-state index contributed by atoms with van der Waals surface area (Å²) >= 11 is -1.75. The molecule has 2 unspecified atom stereocenters. The Morgan fingerprint density at radius 2 is 1.79 bits per heavy atom. The van der Waals surface area contributed by atoms with Crippen molar-refractivity contribution < 1.29 is 26.8 Å². The van der Waals surface area contributed by atoms with Crippen molar-refractivity contribution in [2.75, 3.05) is 9.44 Å². The van der Waals surface area contributed by atoms with Gasteiger partial charge in [-0.2, -0.15) is 13.1 Å². The third-order valence-electron chi connectivity index (χ3n) is 5.81. The smallest absolute Gasteiger partial charge is 0.344 e. The van der Waals surface area contributed by atoms with E-state index in [0.29, 0.717) is 23.4 Å². The van der Waals surface area contributed by atoms with E-state index < -0.39 is 33.7 Å². The molecule has 6 N–H and O–H groups in total. The largest absolute Gasteiger partial charge is 0.566 e. The minimum Gasteiger partial charge on any atom is -0.566 e. The first-order valence-corrected chi connectivity index (χ1v) is 13.9. The highest BCUT2D eigenvalue weighted by Gasteiger charge is 2.28. The Hall–Kier alpha value is -4.01. The first-order valence-electron chi connectivity index (χ1n) is 11.3. The molecule has 2 aliphatic heterocycles. The Morgan fingerprint density at radius 3 is 2.58 bits per heavy atom.